The van der Waals surface area contributed by atoms with Crippen molar-refractivity contribution in [3.63, 3.8) is 0 Å². The zero-order chi connectivity index (χ0) is 40.2. The largest absolute Gasteiger partial charge is 0.341 e. The second-order valence-electron chi connectivity index (χ2n) is 18.9. The summed E-state index contributed by atoms with van der Waals surface area (Å²) in [5.41, 5.74) is 22.2. The van der Waals surface area contributed by atoms with E-state index in [1.165, 1.54) is 69.2 Å². The summed E-state index contributed by atoms with van der Waals surface area (Å²) in [5.74, 6) is 0.846. The van der Waals surface area contributed by atoms with Gasteiger partial charge < -0.3 is 9.47 Å². The van der Waals surface area contributed by atoms with Crippen LogP contribution in [0.4, 0.5) is 0 Å². The van der Waals surface area contributed by atoms with E-state index in [0.29, 0.717) is 5.92 Å². The molecule has 0 amide bonds. The summed E-state index contributed by atoms with van der Waals surface area (Å²) >= 11 is 0. The molecule has 4 nitrogen and oxygen atoms in total. The van der Waals surface area contributed by atoms with E-state index in [-0.39, 0.29) is 23.8 Å². The van der Waals surface area contributed by atoms with E-state index in [0.717, 1.165) is 109 Å². The predicted molar refractivity (Wildman–Crippen MR) is 244 cm³/mol. The molecule has 0 radical (unpaired) electrons. The highest BCUT2D eigenvalue weighted by molar-refractivity contribution is 5.76. The molecule has 0 saturated heterocycles. The third-order valence-corrected chi connectivity index (χ3v) is 15.5. The highest BCUT2D eigenvalue weighted by Crippen LogP contribution is 2.52. The van der Waals surface area contributed by atoms with Crippen molar-refractivity contribution < 1.29 is 0 Å². The molecule has 10 aliphatic rings. The van der Waals surface area contributed by atoms with Crippen LogP contribution in [-0.2, 0) is 12.8 Å². The van der Waals surface area contributed by atoms with Gasteiger partial charge in [-0.3, -0.25) is 0 Å². The third-order valence-electron chi connectivity index (χ3n) is 15.5. The molecule has 9 aliphatic carbocycles. The Hall–Kier alpha value is -5.32. The maximum atomic E-state index is 10.1. The SMILES string of the molecule is N#CC1CCC=C(C2=C(C3=CCCC=C3C3=C(C4C=C(n5c6c(c7c5C=CCC7)CCC=C6)C=C(N5C6=C(CC(C#N)CC6)C6C=CC=CC65)C4)CCC=C3)CCCC2)C1. The van der Waals surface area contributed by atoms with Crippen molar-refractivity contribution in [1.29, 1.82) is 10.5 Å². The Bertz CT molecular complexity index is 2480. The number of rotatable bonds is 6. The van der Waals surface area contributed by atoms with Crippen molar-refractivity contribution in [1.82, 2.24) is 9.47 Å². The summed E-state index contributed by atoms with van der Waals surface area (Å²) in [6, 6.07) is 5.54. The maximum Gasteiger partial charge on any atom is 0.0659 e. The van der Waals surface area contributed by atoms with Crippen LogP contribution in [0.5, 0.6) is 0 Å². The standard InChI is InChI=1S/C56H58N4/c57-35-37-14-13-15-39(30-37)43-16-1-3-18-45(43)47-20-5-6-21-48(47)46-19-4-2-17-44(46)40-32-41(59-53-25-10-7-22-49(53)50-23-8-11-26-54(50)59)34-42(33-40)60-55-27-12-9-24-51(55)52-31-38(36-58)28-29-56(52)60/h4,9-12,15,19-21,24-27,32,34,37-38,40,51,55H,1-3,5-8,13-14,16-18,22-23,28-31,33H2. The number of aromatic nitrogens is 1. The van der Waals surface area contributed by atoms with Crippen LogP contribution in [0, 0.1) is 46.3 Å². The van der Waals surface area contributed by atoms with Crippen LogP contribution < -0.4 is 0 Å². The predicted octanol–water partition coefficient (Wildman–Crippen LogP) is 13.6. The van der Waals surface area contributed by atoms with Gasteiger partial charge >= 0.3 is 0 Å². The molecule has 1 aliphatic heterocycles. The number of nitrogens with zero attached hydrogens (tertiary/aromatic N) is 4. The van der Waals surface area contributed by atoms with Gasteiger partial charge in [0.15, 0.2) is 0 Å². The molecule has 0 saturated carbocycles. The van der Waals surface area contributed by atoms with Crippen LogP contribution >= 0.6 is 0 Å². The molecular weight excluding hydrogens is 729 g/mol. The van der Waals surface area contributed by atoms with Gasteiger partial charge in [0.25, 0.3) is 0 Å². The fraction of sp³-hybridized carbons (Fsp3) is 0.429. The number of nitriles is 2. The Balaban J connectivity index is 1.06. The number of hydrogen-bond donors (Lipinski definition) is 0. The van der Waals surface area contributed by atoms with Crippen molar-refractivity contribution in [2.75, 3.05) is 0 Å². The third kappa shape index (κ3) is 6.45. The fourth-order valence-corrected chi connectivity index (χ4v) is 12.8. The molecule has 0 N–H and O–H groups in total. The van der Waals surface area contributed by atoms with E-state index in [2.05, 4.69) is 113 Å². The Morgan fingerprint density at radius 1 is 0.617 bits per heavy atom. The van der Waals surface area contributed by atoms with E-state index < -0.39 is 0 Å². The lowest BCUT2D eigenvalue weighted by Crippen LogP contribution is -2.34. The maximum absolute atomic E-state index is 10.1. The minimum Gasteiger partial charge on any atom is -0.341 e. The molecule has 2 heterocycles. The molecule has 60 heavy (non-hydrogen) atoms. The minimum absolute atomic E-state index is 0.110. The molecule has 0 spiro atoms. The topological polar surface area (TPSA) is 55.8 Å². The van der Waals surface area contributed by atoms with Gasteiger partial charge in [-0.15, -0.1) is 0 Å². The van der Waals surface area contributed by atoms with Crippen molar-refractivity contribution >= 4 is 17.8 Å². The Morgan fingerprint density at radius 2 is 1.33 bits per heavy atom. The molecule has 0 aromatic carbocycles. The van der Waals surface area contributed by atoms with Crippen LogP contribution in [0.3, 0.4) is 0 Å². The molecule has 302 valence electrons. The Labute approximate surface area is 357 Å². The van der Waals surface area contributed by atoms with Gasteiger partial charge in [-0.05, 0) is 190 Å². The van der Waals surface area contributed by atoms with Gasteiger partial charge in [-0.25, -0.2) is 0 Å². The lowest BCUT2D eigenvalue weighted by Gasteiger charge is -2.38. The number of fused-ring (bicyclic) bond motifs is 5. The molecule has 0 bridgehead atoms. The molecular formula is C56H58N4. The first-order valence-electron chi connectivity index (χ1n) is 23.6. The van der Waals surface area contributed by atoms with Gasteiger partial charge in [-0.1, -0.05) is 78.5 Å². The molecule has 4 heteroatoms. The summed E-state index contributed by atoms with van der Waals surface area (Å²) < 4.78 is 2.64. The summed E-state index contributed by atoms with van der Waals surface area (Å²) in [6.45, 7) is 0. The molecule has 0 fully saturated rings. The fourth-order valence-electron chi connectivity index (χ4n) is 12.8. The van der Waals surface area contributed by atoms with Crippen LogP contribution in [0.2, 0.25) is 0 Å². The van der Waals surface area contributed by atoms with Gasteiger partial charge in [-0.2, -0.15) is 10.5 Å². The normalized spacial score (nSPS) is 29.5. The average Bonchev–Trinajstić information content (AvgIpc) is 3.84. The molecule has 5 atom stereocenters. The van der Waals surface area contributed by atoms with Crippen LogP contribution in [0.15, 0.2) is 135 Å². The quantitative estimate of drug-likeness (QED) is 0.289. The molecule has 1 aromatic heterocycles. The van der Waals surface area contributed by atoms with Gasteiger partial charge in [0.05, 0.1) is 30.0 Å². The van der Waals surface area contributed by atoms with Crippen molar-refractivity contribution in [2.45, 2.75) is 128 Å². The van der Waals surface area contributed by atoms with Gasteiger partial charge in [0.2, 0.25) is 0 Å². The van der Waals surface area contributed by atoms with Crippen molar-refractivity contribution in [3.8, 4) is 12.1 Å². The average molecular weight is 787 g/mol. The monoisotopic (exact) mass is 786 g/mol. The Kier molecular flexibility index (Phi) is 10.0. The van der Waals surface area contributed by atoms with Gasteiger partial charge in [0.1, 0.15) is 0 Å². The van der Waals surface area contributed by atoms with Crippen LogP contribution in [0.25, 0.3) is 17.8 Å². The summed E-state index contributed by atoms with van der Waals surface area (Å²) in [5, 5.41) is 20.0. The lowest BCUT2D eigenvalue weighted by molar-refractivity contribution is 0.333. The van der Waals surface area contributed by atoms with E-state index >= 15 is 0 Å². The zero-order valence-electron chi connectivity index (χ0n) is 35.3. The molecule has 1 aromatic rings. The van der Waals surface area contributed by atoms with Gasteiger partial charge in [0, 0.05) is 40.3 Å². The van der Waals surface area contributed by atoms with Crippen molar-refractivity contribution in [2.24, 2.45) is 23.7 Å². The zero-order valence-corrected chi connectivity index (χ0v) is 35.3. The first kappa shape index (κ1) is 37.7. The highest BCUT2D eigenvalue weighted by Gasteiger charge is 2.44. The van der Waals surface area contributed by atoms with E-state index in [1.807, 2.05) is 0 Å². The Morgan fingerprint density at radius 3 is 2.13 bits per heavy atom. The summed E-state index contributed by atoms with van der Waals surface area (Å²) in [4.78, 5) is 2.76. The lowest BCUT2D eigenvalue weighted by atomic mass is 9.73. The highest BCUT2D eigenvalue weighted by atomic mass is 15.2. The summed E-state index contributed by atoms with van der Waals surface area (Å²) in [6.07, 6.45) is 57.1. The molecule has 11 rings (SSSR count). The van der Waals surface area contributed by atoms with Crippen LogP contribution in [-0.4, -0.2) is 15.5 Å². The summed E-state index contributed by atoms with van der Waals surface area (Å²) in [7, 11) is 0. The first-order valence-corrected chi connectivity index (χ1v) is 23.6. The van der Waals surface area contributed by atoms with E-state index in [9.17, 15) is 10.5 Å². The number of allylic oxidation sites excluding steroid dienone is 21. The second-order valence-corrected chi connectivity index (χ2v) is 18.9. The second kappa shape index (κ2) is 15.9. The molecule has 5 unspecified atom stereocenters. The minimum atomic E-state index is 0.110. The smallest absolute Gasteiger partial charge is 0.0659 e. The van der Waals surface area contributed by atoms with Crippen LogP contribution in [0.1, 0.15) is 132 Å². The van der Waals surface area contributed by atoms with E-state index in [1.54, 1.807) is 27.8 Å². The van der Waals surface area contributed by atoms with Crippen molar-refractivity contribution in [3.05, 3.63) is 157 Å². The van der Waals surface area contributed by atoms with E-state index in [4.69, 9.17) is 0 Å². The number of hydrogen-bond acceptors (Lipinski definition) is 3. The first-order chi connectivity index (χ1) is 29.7.